The molecule has 3 rings (SSSR count). The van der Waals surface area contributed by atoms with Gasteiger partial charge in [-0.05, 0) is 37.5 Å². The zero-order valence-electron chi connectivity index (χ0n) is 10.5. The molecule has 1 heterocycles. The van der Waals surface area contributed by atoms with Gasteiger partial charge >= 0.3 is 6.18 Å². The van der Waals surface area contributed by atoms with Crippen LogP contribution in [0.2, 0.25) is 0 Å². The van der Waals surface area contributed by atoms with E-state index in [1.807, 2.05) is 0 Å². The fourth-order valence-corrected chi connectivity index (χ4v) is 3.28. The summed E-state index contributed by atoms with van der Waals surface area (Å²) in [6, 6.07) is 0.440. The third kappa shape index (κ3) is 2.82. The summed E-state index contributed by atoms with van der Waals surface area (Å²) in [6.07, 6.45) is 0.834. The molecular formula is C13H21F3N2. The van der Waals surface area contributed by atoms with E-state index in [-0.39, 0.29) is 13.1 Å². The van der Waals surface area contributed by atoms with Gasteiger partial charge in [0.05, 0.1) is 5.92 Å². The van der Waals surface area contributed by atoms with Crippen molar-refractivity contribution in [2.75, 3.05) is 26.2 Å². The van der Waals surface area contributed by atoms with Gasteiger partial charge in [0, 0.05) is 32.2 Å². The molecule has 2 saturated carbocycles. The van der Waals surface area contributed by atoms with Gasteiger partial charge in [0.25, 0.3) is 0 Å². The SMILES string of the molecule is FC(F)(F)C1CNCCN(C(C2CC2)C2CC2)C1. The Morgan fingerprint density at radius 1 is 1.06 bits per heavy atom. The van der Waals surface area contributed by atoms with Crippen LogP contribution >= 0.6 is 0 Å². The number of nitrogens with one attached hydrogen (secondary N) is 1. The molecule has 0 aromatic carbocycles. The van der Waals surface area contributed by atoms with Gasteiger partial charge in [0.2, 0.25) is 0 Å². The van der Waals surface area contributed by atoms with Crippen LogP contribution in [-0.2, 0) is 0 Å². The van der Waals surface area contributed by atoms with Crippen LogP contribution in [0.5, 0.6) is 0 Å². The van der Waals surface area contributed by atoms with Crippen LogP contribution in [0.15, 0.2) is 0 Å². The number of hydrogen-bond acceptors (Lipinski definition) is 2. The molecule has 104 valence electrons. The molecular weight excluding hydrogens is 241 g/mol. The van der Waals surface area contributed by atoms with Crippen LogP contribution in [0.1, 0.15) is 25.7 Å². The van der Waals surface area contributed by atoms with E-state index in [1.54, 1.807) is 0 Å². The maximum Gasteiger partial charge on any atom is 0.394 e. The first-order chi connectivity index (χ1) is 8.55. The Labute approximate surface area is 106 Å². The molecule has 0 aromatic rings. The van der Waals surface area contributed by atoms with E-state index >= 15 is 0 Å². The summed E-state index contributed by atoms with van der Waals surface area (Å²) >= 11 is 0. The monoisotopic (exact) mass is 262 g/mol. The number of nitrogens with zero attached hydrogens (tertiary/aromatic N) is 1. The van der Waals surface area contributed by atoms with Crippen molar-refractivity contribution in [1.82, 2.24) is 10.2 Å². The highest BCUT2D eigenvalue weighted by atomic mass is 19.4. The summed E-state index contributed by atoms with van der Waals surface area (Å²) in [5, 5.41) is 2.95. The minimum absolute atomic E-state index is 0.0854. The average molecular weight is 262 g/mol. The fraction of sp³-hybridized carbons (Fsp3) is 1.00. The predicted molar refractivity (Wildman–Crippen MR) is 63.2 cm³/mol. The lowest BCUT2D eigenvalue weighted by molar-refractivity contribution is -0.177. The number of alkyl halides is 3. The van der Waals surface area contributed by atoms with Crippen molar-refractivity contribution in [3.05, 3.63) is 0 Å². The molecule has 0 spiro atoms. The summed E-state index contributed by atoms with van der Waals surface area (Å²) < 4.78 is 38.8. The first kappa shape index (κ1) is 12.7. The number of halogens is 3. The van der Waals surface area contributed by atoms with Crippen molar-refractivity contribution < 1.29 is 13.2 Å². The Morgan fingerprint density at radius 3 is 2.17 bits per heavy atom. The lowest BCUT2D eigenvalue weighted by Crippen LogP contribution is -2.44. The molecule has 1 atom stereocenters. The second kappa shape index (κ2) is 4.67. The Morgan fingerprint density at radius 2 is 1.67 bits per heavy atom. The van der Waals surface area contributed by atoms with Crippen LogP contribution in [0.25, 0.3) is 0 Å². The van der Waals surface area contributed by atoms with Crippen molar-refractivity contribution in [2.24, 2.45) is 17.8 Å². The van der Waals surface area contributed by atoms with Crippen molar-refractivity contribution in [2.45, 2.75) is 37.9 Å². The average Bonchev–Trinajstić information content (AvgIpc) is 3.17. The molecule has 0 radical (unpaired) electrons. The quantitative estimate of drug-likeness (QED) is 0.839. The predicted octanol–water partition coefficient (Wildman–Crippen LogP) is 2.26. The molecule has 0 bridgehead atoms. The molecule has 1 unspecified atom stereocenters. The first-order valence-electron chi connectivity index (χ1n) is 7.07. The molecule has 3 aliphatic rings. The fourth-order valence-electron chi connectivity index (χ4n) is 3.28. The van der Waals surface area contributed by atoms with Crippen LogP contribution in [0, 0.1) is 17.8 Å². The molecule has 0 amide bonds. The molecule has 1 saturated heterocycles. The van der Waals surface area contributed by atoms with E-state index in [9.17, 15) is 13.2 Å². The van der Waals surface area contributed by atoms with E-state index in [0.29, 0.717) is 24.4 Å². The van der Waals surface area contributed by atoms with Gasteiger partial charge in [0.1, 0.15) is 0 Å². The Bertz CT molecular complexity index is 285. The van der Waals surface area contributed by atoms with Gasteiger partial charge in [-0.25, -0.2) is 0 Å². The summed E-state index contributed by atoms with van der Waals surface area (Å²) in [4.78, 5) is 2.15. The van der Waals surface area contributed by atoms with Crippen molar-refractivity contribution in [1.29, 1.82) is 0 Å². The molecule has 3 fully saturated rings. The standard InChI is InChI=1S/C13H21F3N2/c14-13(15,16)11-7-17-5-6-18(8-11)12(9-1-2-9)10-3-4-10/h9-12,17H,1-8H2. The summed E-state index contributed by atoms with van der Waals surface area (Å²) in [5.74, 6) is 0.175. The van der Waals surface area contributed by atoms with E-state index in [0.717, 1.165) is 6.54 Å². The molecule has 18 heavy (non-hydrogen) atoms. The third-order valence-electron chi connectivity index (χ3n) is 4.52. The highest BCUT2D eigenvalue weighted by molar-refractivity contribution is 4.99. The third-order valence-corrected chi connectivity index (χ3v) is 4.52. The maximum absolute atomic E-state index is 12.9. The second-order valence-corrected chi connectivity index (χ2v) is 6.10. The van der Waals surface area contributed by atoms with Gasteiger partial charge in [-0.2, -0.15) is 13.2 Å². The normalized spacial score (nSPS) is 31.7. The highest BCUT2D eigenvalue weighted by Crippen LogP contribution is 2.47. The topological polar surface area (TPSA) is 15.3 Å². The van der Waals surface area contributed by atoms with E-state index in [2.05, 4.69) is 10.2 Å². The van der Waals surface area contributed by atoms with Gasteiger partial charge < -0.3 is 5.32 Å². The largest absolute Gasteiger partial charge is 0.394 e. The van der Waals surface area contributed by atoms with Crippen LogP contribution in [-0.4, -0.2) is 43.3 Å². The van der Waals surface area contributed by atoms with E-state index in [4.69, 9.17) is 0 Å². The van der Waals surface area contributed by atoms with Crippen LogP contribution in [0.3, 0.4) is 0 Å². The molecule has 1 N–H and O–H groups in total. The molecule has 2 nitrogen and oxygen atoms in total. The molecule has 0 aromatic heterocycles. The number of hydrogen-bond donors (Lipinski definition) is 1. The zero-order valence-corrected chi connectivity index (χ0v) is 10.5. The molecule has 2 aliphatic carbocycles. The minimum Gasteiger partial charge on any atom is -0.315 e. The van der Waals surface area contributed by atoms with Crippen molar-refractivity contribution in [3.8, 4) is 0 Å². The van der Waals surface area contributed by atoms with Gasteiger partial charge in [-0.15, -0.1) is 0 Å². The summed E-state index contributed by atoms with van der Waals surface area (Å²) in [7, 11) is 0. The molecule has 1 aliphatic heterocycles. The van der Waals surface area contributed by atoms with E-state index < -0.39 is 12.1 Å². The molecule has 5 heteroatoms. The van der Waals surface area contributed by atoms with Crippen LogP contribution < -0.4 is 5.32 Å². The lowest BCUT2D eigenvalue weighted by Gasteiger charge is -2.33. The Hall–Kier alpha value is -0.290. The van der Waals surface area contributed by atoms with Gasteiger partial charge in [0.15, 0.2) is 0 Å². The van der Waals surface area contributed by atoms with Gasteiger partial charge in [-0.3, -0.25) is 4.90 Å². The van der Waals surface area contributed by atoms with Crippen molar-refractivity contribution >= 4 is 0 Å². The smallest absolute Gasteiger partial charge is 0.315 e. The first-order valence-corrected chi connectivity index (χ1v) is 7.07. The van der Waals surface area contributed by atoms with E-state index in [1.165, 1.54) is 25.7 Å². The lowest BCUT2D eigenvalue weighted by atomic mass is 10.0. The highest BCUT2D eigenvalue weighted by Gasteiger charge is 2.48. The Kier molecular flexibility index (Phi) is 3.30. The summed E-state index contributed by atoms with van der Waals surface area (Å²) in [5.41, 5.74) is 0. The zero-order chi connectivity index (χ0) is 12.8. The second-order valence-electron chi connectivity index (χ2n) is 6.10. The Balaban J connectivity index is 1.69. The minimum atomic E-state index is -4.06. The van der Waals surface area contributed by atoms with Crippen molar-refractivity contribution in [3.63, 3.8) is 0 Å². The number of rotatable bonds is 3. The maximum atomic E-state index is 12.9. The van der Waals surface area contributed by atoms with Crippen LogP contribution in [0.4, 0.5) is 13.2 Å². The van der Waals surface area contributed by atoms with Gasteiger partial charge in [-0.1, -0.05) is 0 Å². The summed E-state index contributed by atoms with van der Waals surface area (Å²) in [6.45, 7) is 1.77.